The summed E-state index contributed by atoms with van der Waals surface area (Å²) in [6.07, 6.45) is 0. The van der Waals surface area contributed by atoms with Crippen LogP contribution in [0.25, 0.3) is 0 Å². The number of amides is 2. The number of likely N-dealkylation sites (N-methyl/N-ethyl adjacent to an activating group) is 1. The Bertz CT molecular complexity index is 780. The minimum Gasteiger partial charge on any atom is -0.350 e. The molecule has 0 saturated heterocycles. The second-order valence-corrected chi connectivity index (χ2v) is 7.89. The Morgan fingerprint density at radius 3 is 2.26 bits per heavy atom. The van der Waals surface area contributed by atoms with Crippen LogP contribution in [0.1, 0.15) is 42.7 Å². The Hall–Kier alpha value is -2.66. The van der Waals surface area contributed by atoms with Crippen LogP contribution in [-0.2, 0) is 4.79 Å². The number of anilines is 1. The minimum atomic E-state index is -0.493. The molecule has 5 heteroatoms. The zero-order chi connectivity index (χ0) is 20.0. The average Bonchev–Trinajstić information content (AvgIpc) is 2.61. The molecule has 5 nitrogen and oxygen atoms in total. The predicted octanol–water partition coefficient (Wildman–Crippen LogP) is 3.70. The maximum absolute atomic E-state index is 12.6. The molecule has 2 aromatic carbocycles. The highest BCUT2D eigenvalue weighted by Gasteiger charge is 2.21. The lowest BCUT2D eigenvalue weighted by Crippen LogP contribution is -2.34. The molecule has 0 spiro atoms. The Morgan fingerprint density at radius 2 is 1.67 bits per heavy atom. The first-order chi connectivity index (χ1) is 12.7. The Balaban J connectivity index is 2.05. The largest absolute Gasteiger partial charge is 0.350 e. The van der Waals surface area contributed by atoms with Gasteiger partial charge < -0.3 is 15.5 Å². The van der Waals surface area contributed by atoms with E-state index < -0.39 is 5.41 Å². The van der Waals surface area contributed by atoms with Crippen molar-refractivity contribution in [3.05, 3.63) is 65.7 Å². The van der Waals surface area contributed by atoms with Gasteiger partial charge in [-0.3, -0.25) is 9.59 Å². The van der Waals surface area contributed by atoms with Gasteiger partial charge in [-0.05, 0) is 37.9 Å². The van der Waals surface area contributed by atoms with Gasteiger partial charge in [-0.2, -0.15) is 0 Å². The molecule has 0 bridgehead atoms. The summed E-state index contributed by atoms with van der Waals surface area (Å²) in [5.74, 6) is -0.249. The van der Waals surface area contributed by atoms with Gasteiger partial charge in [-0.1, -0.05) is 57.2 Å². The average molecular weight is 367 g/mol. The Morgan fingerprint density at radius 1 is 1.00 bits per heavy atom. The molecule has 2 rings (SSSR count). The van der Waals surface area contributed by atoms with Gasteiger partial charge in [0.25, 0.3) is 5.91 Å². The summed E-state index contributed by atoms with van der Waals surface area (Å²) in [5, 5.41) is 5.86. The molecule has 0 heterocycles. The van der Waals surface area contributed by atoms with Crippen LogP contribution in [0.3, 0.4) is 0 Å². The lowest BCUT2D eigenvalue weighted by molar-refractivity contribution is -0.123. The van der Waals surface area contributed by atoms with Crippen molar-refractivity contribution in [1.82, 2.24) is 10.2 Å². The van der Waals surface area contributed by atoms with Gasteiger partial charge in [0.15, 0.2) is 0 Å². The number of carbonyl (C=O) groups excluding carboxylic acids is 2. The van der Waals surface area contributed by atoms with E-state index in [4.69, 9.17) is 0 Å². The van der Waals surface area contributed by atoms with E-state index >= 15 is 0 Å². The van der Waals surface area contributed by atoms with Crippen LogP contribution in [-0.4, -0.2) is 37.4 Å². The first-order valence-electron chi connectivity index (χ1n) is 9.09. The van der Waals surface area contributed by atoms with Crippen LogP contribution in [0.2, 0.25) is 0 Å². The molecule has 0 saturated carbocycles. The Kier molecular flexibility index (Phi) is 6.75. The minimum absolute atomic E-state index is 0.0823. The van der Waals surface area contributed by atoms with Crippen molar-refractivity contribution in [3.8, 4) is 0 Å². The molecule has 0 radical (unpaired) electrons. The topological polar surface area (TPSA) is 61.4 Å². The lowest BCUT2D eigenvalue weighted by Gasteiger charge is -2.25. The molecule has 1 unspecified atom stereocenters. The molecule has 0 aliphatic carbocycles. The molecule has 0 aliphatic heterocycles. The van der Waals surface area contributed by atoms with Crippen LogP contribution in [0.4, 0.5) is 5.69 Å². The van der Waals surface area contributed by atoms with E-state index in [1.165, 1.54) is 0 Å². The van der Waals surface area contributed by atoms with Gasteiger partial charge in [0, 0.05) is 23.2 Å². The molecule has 1 atom stereocenters. The summed E-state index contributed by atoms with van der Waals surface area (Å²) < 4.78 is 0. The summed E-state index contributed by atoms with van der Waals surface area (Å²) in [5.41, 5.74) is 1.79. The van der Waals surface area contributed by atoms with Crippen molar-refractivity contribution < 1.29 is 9.59 Å². The highest BCUT2D eigenvalue weighted by molar-refractivity contribution is 5.98. The van der Waals surface area contributed by atoms with Crippen LogP contribution in [0, 0.1) is 5.41 Å². The summed E-state index contributed by atoms with van der Waals surface area (Å²) in [6.45, 7) is 6.05. The van der Waals surface area contributed by atoms with Crippen molar-refractivity contribution in [2.24, 2.45) is 5.41 Å². The van der Waals surface area contributed by atoms with Crippen molar-refractivity contribution in [2.45, 2.75) is 26.8 Å². The van der Waals surface area contributed by atoms with Crippen molar-refractivity contribution in [3.63, 3.8) is 0 Å². The lowest BCUT2D eigenvalue weighted by atomic mass is 9.95. The molecule has 27 heavy (non-hydrogen) atoms. The van der Waals surface area contributed by atoms with Gasteiger partial charge in [-0.15, -0.1) is 0 Å². The van der Waals surface area contributed by atoms with Crippen LogP contribution in [0.15, 0.2) is 54.6 Å². The predicted molar refractivity (Wildman–Crippen MR) is 110 cm³/mol. The van der Waals surface area contributed by atoms with Crippen LogP contribution in [0.5, 0.6) is 0 Å². The molecular formula is C22H29N3O2. The van der Waals surface area contributed by atoms with Crippen LogP contribution < -0.4 is 10.6 Å². The van der Waals surface area contributed by atoms with Crippen molar-refractivity contribution in [2.75, 3.05) is 26.0 Å². The highest BCUT2D eigenvalue weighted by atomic mass is 16.2. The summed E-state index contributed by atoms with van der Waals surface area (Å²) in [7, 11) is 3.99. The second-order valence-electron chi connectivity index (χ2n) is 7.89. The van der Waals surface area contributed by atoms with Gasteiger partial charge in [0.2, 0.25) is 5.91 Å². The zero-order valence-corrected chi connectivity index (χ0v) is 16.7. The van der Waals surface area contributed by atoms with Gasteiger partial charge >= 0.3 is 0 Å². The van der Waals surface area contributed by atoms with Gasteiger partial charge in [0.05, 0.1) is 6.04 Å². The molecule has 2 aromatic rings. The second kappa shape index (κ2) is 8.82. The van der Waals surface area contributed by atoms with E-state index in [0.717, 1.165) is 5.56 Å². The number of rotatable bonds is 6. The number of carbonyl (C=O) groups is 2. The van der Waals surface area contributed by atoms with Crippen LogP contribution >= 0.6 is 0 Å². The summed E-state index contributed by atoms with van der Waals surface area (Å²) in [4.78, 5) is 26.8. The Labute approximate surface area is 161 Å². The fourth-order valence-electron chi connectivity index (χ4n) is 2.62. The summed E-state index contributed by atoms with van der Waals surface area (Å²) in [6, 6.07) is 17.2. The number of nitrogens with one attached hydrogen (secondary N) is 2. The SMILES string of the molecule is CN(C)C(CNC(=O)c1cccc(NC(=O)C(C)(C)C)c1)c1ccccc1. The van der Waals surface area contributed by atoms with E-state index in [9.17, 15) is 9.59 Å². The molecular weight excluding hydrogens is 338 g/mol. The van der Waals surface area contributed by atoms with E-state index in [0.29, 0.717) is 17.8 Å². The number of nitrogens with zero attached hydrogens (tertiary/aromatic N) is 1. The maximum Gasteiger partial charge on any atom is 0.251 e. The molecule has 144 valence electrons. The third-order valence-corrected chi connectivity index (χ3v) is 4.33. The standard InChI is InChI=1S/C22H29N3O2/c1-22(2,3)21(27)24-18-13-9-12-17(14-18)20(26)23-15-19(25(4)5)16-10-7-6-8-11-16/h6-14,19H,15H2,1-5H3,(H,23,26)(H,24,27). The third kappa shape index (κ3) is 5.93. The zero-order valence-electron chi connectivity index (χ0n) is 16.7. The summed E-state index contributed by atoms with van der Waals surface area (Å²) >= 11 is 0. The first kappa shape index (κ1) is 20.6. The maximum atomic E-state index is 12.6. The highest BCUT2D eigenvalue weighted by Crippen LogP contribution is 2.19. The van der Waals surface area contributed by atoms with Crippen molar-refractivity contribution in [1.29, 1.82) is 0 Å². The fourth-order valence-corrected chi connectivity index (χ4v) is 2.62. The number of hydrogen-bond acceptors (Lipinski definition) is 3. The molecule has 0 aromatic heterocycles. The van der Waals surface area contributed by atoms with E-state index in [1.54, 1.807) is 24.3 Å². The number of benzene rings is 2. The first-order valence-corrected chi connectivity index (χ1v) is 9.09. The molecule has 0 fully saturated rings. The smallest absolute Gasteiger partial charge is 0.251 e. The number of hydrogen-bond donors (Lipinski definition) is 2. The van der Waals surface area contributed by atoms with Gasteiger partial charge in [0.1, 0.15) is 0 Å². The quantitative estimate of drug-likeness (QED) is 0.818. The molecule has 2 N–H and O–H groups in total. The van der Waals surface area contributed by atoms with Crippen molar-refractivity contribution >= 4 is 17.5 Å². The van der Waals surface area contributed by atoms with E-state index in [-0.39, 0.29) is 17.9 Å². The van der Waals surface area contributed by atoms with E-state index in [1.807, 2.05) is 53.1 Å². The van der Waals surface area contributed by atoms with Gasteiger partial charge in [-0.25, -0.2) is 0 Å². The molecule has 2 amide bonds. The normalized spacial score (nSPS) is 12.5. The monoisotopic (exact) mass is 367 g/mol. The third-order valence-electron chi connectivity index (χ3n) is 4.33. The fraction of sp³-hybridized carbons (Fsp3) is 0.364. The molecule has 0 aliphatic rings. The van der Waals surface area contributed by atoms with E-state index in [2.05, 4.69) is 27.7 Å².